The van der Waals surface area contributed by atoms with Crippen LogP contribution in [0.3, 0.4) is 0 Å². The molecule has 1 rings (SSSR count). The van der Waals surface area contributed by atoms with E-state index in [1.165, 1.54) is 5.69 Å². The molecular weight excluding hydrogens is 186 g/mol. The molecule has 15 heavy (non-hydrogen) atoms. The topological polar surface area (TPSA) is 12.5 Å². The fourth-order valence-corrected chi connectivity index (χ4v) is 1.58. The summed E-state index contributed by atoms with van der Waals surface area (Å²) in [4.78, 5) is 2.32. The Morgan fingerprint density at radius 2 is 1.87 bits per heavy atom. The number of anilines is 1. The molecule has 0 saturated carbocycles. The highest BCUT2D eigenvalue weighted by molar-refractivity contribution is 5.50. The minimum atomic E-state index is 0.793. The van der Waals surface area contributed by atoms with Crippen LogP contribution in [0.2, 0.25) is 0 Å². The molecule has 84 valence electrons. The Kier molecular flexibility index (Phi) is 5.02. The summed E-state index contributed by atoms with van der Waals surface area (Å²) in [7, 11) is 0. The van der Waals surface area contributed by atoms with Gasteiger partial charge in [-0.05, 0) is 32.4 Å². The summed E-state index contributed by atoms with van der Waals surface area (Å²) >= 11 is 0. The van der Waals surface area contributed by atoms with Crippen molar-refractivity contribution in [3.05, 3.63) is 24.3 Å². The molecule has 0 amide bonds. The van der Waals surface area contributed by atoms with Crippen LogP contribution in [0.5, 0.6) is 5.75 Å². The van der Waals surface area contributed by atoms with Gasteiger partial charge in [0.15, 0.2) is 0 Å². The van der Waals surface area contributed by atoms with Gasteiger partial charge in [0.05, 0.1) is 6.61 Å². The first-order chi connectivity index (χ1) is 7.31. The monoisotopic (exact) mass is 207 g/mol. The molecule has 0 atom stereocenters. The largest absolute Gasteiger partial charge is 0.494 e. The molecule has 0 aromatic heterocycles. The lowest BCUT2D eigenvalue weighted by molar-refractivity contribution is 0.317. The number of ether oxygens (including phenoxy) is 1. The minimum Gasteiger partial charge on any atom is -0.494 e. The van der Waals surface area contributed by atoms with Gasteiger partial charge in [0, 0.05) is 24.8 Å². The Morgan fingerprint density at radius 1 is 1.13 bits per heavy atom. The maximum atomic E-state index is 5.61. The SMILES string of the molecule is CCCOc1cccc(N(CC)CC)c1. The van der Waals surface area contributed by atoms with Crippen molar-refractivity contribution in [1.29, 1.82) is 0 Å². The predicted molar refractivity (Wildman–Crippen MR) is 65.8 cm³/mol. The molecular formula is C13H21NO. The van der Waals surface area contributed by atoms with Gasteiger partial charge in [-0.1, -0.05) is 13.0 Å². The lowest BCUT2D eigenvalue weighted by Crippen LogP contribution is -2.21. The highest BCUT2D eigenvalue weighted by atomic mass is 16.5. The van der Waals surface area contributed by atoms with E-state index >= 15 is 0 Å². The average molecular weight is 207 g/mol. The molecule has 1 aromatic carbocycles. The predicted octanol–water partition coefficient (Wildman–Crippen LogP) is 3.32. The van der Waals surface area contributed by atoms with Crippen LogP contribution in [0.25, 0.3) is 0 Å². The van der Waals surface area contributed by atoms with E-state index in [0.29, 0.717) is 0 Å². The Balaban J connectivity index is 2.72. The molecule has 0 N–H and O–H groups in total. The van der Waals surface area contributed by atoms with E-state index in [1.54, 1.807) is 0 Å². The summed E-state index contributed by atoms with van der Waals surface area (Å²) in [6.45, 7) is 9.32. The standard InChI is InChI=1S/C13H21NO/c1-4-10-15-13-9-7-8-12(11-13)14(5-2)6-3/h7-9,11H,4-6,10H2,1-3H3. The van der Waals surface area contributed by atoms with Gasteiger partial charge in [-0.25, -0.2) is 0 Å². The van der Waals surface area contributed by atoms with Gasteiger partial charge in [0.1, 0.15) is 5.75 Å². The van der Waals surface area contributed by atoms with E-state index in [4.69, 9.17) is 4.74 Å². The first-order valence-electron chi connectivity index (χ1n) is 5.79. The summed E-state index contributed by atoms with van der Waals surface area (Å²) in [5, 5.41) is 0. The first kappa shape index (κ1) is 11.9. The molecule has 0 bridgehead atoms. The number of nitrogens with zero attached hydrogens (tertiary/aromatic N) is 1. The van der Waals surface area contributed by atoms with Crippen LogP contribution >= 0.6 is 0 Å². The summed E-state index contributed by atoms with van der Waals surface area (Å²) < 4.78 is 5.61. The molecule has 1 aromatic rings. The maximum absolute atomic E-state index is 5.61. The van der Waals surface area contributed by atoms with Crippen LogP contribution in [-0.4, -0.2) is 19.7 Å². The summed E-state index contributed by atoms with van der Waals surface area (Å²) in [5.41, 5.74) is 1.24. The second-order valence-corrected chi connectivity index (χ2v) is 3.52. The zero-order chi connectivity index (χ0) is 11.1. The molecule has 0 aliphatic heterocycles. The van der Waals surface area contributed by atoms with Crippen LogP contribution < -0.4 is 9.64 Å². The van der Waals surface area contributed by atoms with E-state index in [9.17, 15) is 0 Å². The van der Waals surface area contributed by atoms with Gasteiger partial charge in [-0.2, -0.15) is 0 Å². The van der Waals surface area contributed by atoms with Crippen LogP contribution in [-0.2, 0) is 0 Å². The minimum absolute atomic E-state index is 0.793. The average Bonchev–Trinajstić information content (AvgIpc) is 2.29. The second kappa shape index (κ2) is 6.33. The number of benzene rings is 1. The van der Waals surface area contributed by atoms with Crippen molar-refractivity contribution in [2.45, 2.75) is 27.2 Å². The van der Waals surface area contributed by atoms with Gasteiger partial charge in [0.25, 0.3) is 0 Å². The maximum Gasteiger partial charge on any atom is 0.121 e. The van der Waals surface area contributed by atoms with Crippen molar-refractivity contribution in [2.75, 3.05) is 24.6 Å². The molecule has 0 aliphatic carbocycles. The van der Waals surface area contributed by atoms with E-state index in [-0.39, 0.29) is 0 Å². The summed E-state index contributed by atoms with van der Waals surface area (Å²) in [6, 6.07) is 8.32. The Bertz CT molecular complexity index is 282. The zero-order valence-corrected chi connectivity index (χ0v) is 9.99. The molecule has 2 nitrogen and oxygen atoms in total. The Labute approximate surface area is 92.9 Å². The van der Waals surface area contributed by atoms with Crippen LogP contribution in [0.4, 0.5) is 5.69 Å². The molecule has 0 saturated heterocycles. The molecule has 0 radical (unpaired) electrons. The van der Waals surface area contributed by atoms with Gasteiger partial charge < -0.3 is 9.64 Å². The normalized spacial score (nSPS) is 10.1. The summed E-state index contributed by atoms with van der Waals surface area (Å²) in [5.74, 6) is 0.973. The third-order valence-electron chi connectivity index (χ3n) is 2.42. The van der Waals surface area contributed by atoms with Crippen molar-refractivity contribution in [2.24, 2.45) is 0 Å². The van der Waals surface area contributed by atoms with Crippen LogP contribution in [0.1, 0.15) is 27.2 Å². The molecule has 2 heteroatoms. The Morgan fingerprint density at radius 3 is 2.47 bits per heavy atom. The van der Waals surface area contributed by atoms with E-state index in [2.05, 4.69) is 43.9 Å². The van der Waals surface area contributed by atoms with Crippen molar-refractivity contribution < 1.29 is 4.74 Å². The smallest absolute Gasteiger partial charge is 0.121 e. The molecule has 0 aliphatic rings. The second-order valence-electron chi connectivity index (χ2n) is 3.52. The van der Waals surface area contributed by atoms with Gasteiger partial charge in [-0.3, -0.25) is 0 Å². The Hall–Kier alpha value is -1.18. The van der Waals surface area contributed by atoms with Crippen LogP contribution in [0.15, 0.2) is 24.3 Å². The number of hydrogen-bond donors (Lipinski definition) is 0. The van der Waals surface area contributed by atoms with Crippen LogP contribution in [0, 0.1) is 0 Å². The van der Waals surface area contributed by atoms with Crippen molar-refractivity contribution in [3.8, 4) is 5.75 Å². The number of hydrogen-bond acceptors (Lipinski definition) is 2. The van der Waals surface area contributed by atoms with E-state index < -0.39 is 0 Å². The lowest BCUT2D eigenvalue weighted by atomic mass is 10.2. The van der Waals surface area contributed by atoms with Gasteiger partial charge in [-0.15, -0.1) is 0 Å². The third-order valence-corrected chi connectivity index (χ3v) is 2.42. The van der Waals surface area contributed by atoms with Crippen molar-refractivity contribution >= 4 is 5.69 Å². The lowest BCUT2D eigenvalue weighted by Gasteiger charge is -2.21. The number of rotatable bonds is 6. The highest BCUT2D eigenvalue weighted by Gasteiger charge is 2.02. The van der Waals surface area contributed by atoms with Crippen molar-refractivity contribution in [1.82, 2.24) is 0 Å². The van der Waals surface area contributed by atoms with Gasteiger partial charge >= 0.3 is 0 Å². The first-order valence-corrected chi connectivity index (χ1v) is 5.79. The quantitative estimate of drug-likeness (QED) is 0.709. The highest BCUT2D eigenvalue weighted by Crippen LogP contribution is 2.20. The molecule has 0 unspecified atom stereocenters. The van der Waals surface area contributed by atoms with Gasteiger partial charge in [0.2, 0.25) is 0 Å². The third kappa shape index (κ3) is 3.46. The van der Waals surface area contributed by atoms with E-state index in [0.717, 1.165) is 31.9 Å². The fraction of sp³-hybridized carbons (Fsp3) is 0.538. The fourth-order valence-electron chi connectivity index (χ4n) is 1.58. The zero-order valence-electron chi connectivity index (χ0n) is 9.99. The summed E-state index contributed by atoms with van der Waals surface area (Å²) in [6.07, 6.45) is 1.05. The molecule has 0 spiro atoms. The van der Waals surface area contributed by atoms with Crippen molar-refractivity contribution in [3.63, 3.8) is 0 Å². The molecule has 0 fully saturated rings. The molecule has 0 heterocycles. The van der Waals surface area contributed by atoms with E-state index in [1.807, 2.05) is 6.07 Å².